The molecule has 1 saturated carbocycles. The van der Waals surface area contributed by atoms with E-state index < -0.39 is 5.54 Å². The van der Waals surface area contributed by atoms with E-state index >= 15 is 0 Å². The number of carbonyl (C=O) groups excluding carboxylic acids is 3. The SMILES string of the molecule is Cc1ccsc1CNC(=O)CN1C(=O)N(C)C2(CCCCC2)C1=O. The van der Waals surface area contributed by atoms with Gasteiger partial charge in [-0.1, -0.05) is 19.3 Å². The summed E-state index contributed by atoms with van der Waals surface area (Å²) in [5.74, 6) is -0.511. The Morgan fingerprint density at radius 3 is 2.62 bits per heavy atom. The lowest BCUT2D eigenvalue weighted by Gasteiger charge is -2.35. The summed E-state index contributed by atoms with van der Waals surface area (Å²) in [6.07, 6.45) is 4.38. The number of carbonyl (C=O) groups is 3. The smallest absolute Gasteiger partial charge is 0.327 e. The molecule has 6 nitrogen and oxygen atoms in total. The molecule has 1 aromatic heterocycles. The van der Waals surface area contributed by atoms with Gasteiger partial charge in [0.2, 0.25) is 5.91 Å². The zero-order valence-corrected chi connectivity index (χ0v) is 14.9. The zero-order chi connectivity index (χ0) is 17.3. The van der Waals surface area contributed by atoms with Gasteiger partial charge in [-0.25, -0.2) is 4.79 Å². The largest absolute Gasteiger partial charge is 0.350 e. The van der Waals surface area contributed by atoms with Crippen LogP contribution in [0.2, 0.25) is 0 Å². The number of rotatable bonds is 4. The van der Waals surface area contributed by atoms with Crippen LogP contribution in [0.25, 0.3) is 0 Å². The van der Waals surface area contributed by atoms with E-state index in [0.717, 1.165) is 34.6 Å². The van der Waals surface area contributed by atoms with Crippen LogP contribution in [0.4, 0.5) is 4.79 Å². The van der Waals surface area contributed by atoms with Crippen molar-refractivity contribution < 1.29 is 14.4 Å². The van der Waals surface area contributed by atoms with Crippen LogP contribution in [0.3, 0.4) is 0 Å². The van der Waals surface area contributed by atoms with Crippen LogP contribution in [-0.4, -0.2) is 46.8 Å². The minimum absolute atomic E-state index is 0.200. The summed E-state index contributed by atoms with van der Waals surface area (Å²) in [5.41, 5.74) is 0.412. The van der Waals surface area contributed by atoms with Gasteiger partial charge in [0.25, 0.3) is 5.91 Å². The summed E-state index contributed by atoms with van der Waals surface area (Å²) in [6.45, 7) is 2.22. The molecule has 2 aliphatic rings. The van der Waals surface area contributed by atoms with Crippen LogP contribution in [0.5, 0.6) is 0 Å². The van der Waals surface area contributed by atoms with E-state index in [2.05, 4.69) is 5.32 Å². The van der Waals surface area contributed by atoms with E-state index in [9.17, 15) is 14.4 Å². The highest BCUT2D eigenvalue weighted by Crippen LogP contribution is 2.39. The van der Waals surface area contributed by atoms with Crippen LogP contribution in [0.1, 0.15) is 42.5 Å². The Kier molecular flexibility index (Phi) is 4.62. The number of imide groups is 1. The van der Waals surface area contributed by atoms with E-state index in [1.807, 2.05) is 18.4 Å². The van der Waals surface area contributed by atoms with Gasteiger partial charge < -0.3 is 10.2 Å². The molecule has 4 amide bonds. The van der Waals surface area contributed by atoms with E-state index in [-0.39, 0.29) is 24.4 Å². The highest BCUT2D eigenvalue weighted by atomic mass is 32.1. The van der Waals surface area contributed by atoms with Crippen LogP contribution in [-0.2, 0) is 16.1 Å². The first kappa shape index (κ1) is 17.0. The maximum absolute atomic E-state index is 12.8. The molecule has 1 saturated heterocycles. The molecule has 1 spiro atoms. The molecular weight excluding hydrogens is 326 g/mol. The van der Waals surface area contributed by atoms with E-state index in [1.165, 1.54) is 0 Å². The standard InChI is InChI=1S/C17H23N3O3S/c1-12-6-9-24-13(12)10-18-14(21)11-20-15(22)17(19(2)16(20)23)7-4-3-5-8-17/h6,9H,3-5,7-8,10-11H2,1-2H3,(H,18,21). The number of nitrogens with zero attached hydrogens (tertiary/aromatic N) is 2. The molecule has 0 bridgehead atoms. The van der Waals surface area contributed by atoms with Gasteiger partial charge >= 0.3 is 6.03 Å². The van der Waals surface area contributed by atoms with Crippen LogP contribution in [0.15, 0.2) is 11.4 Å². The lowest BCUT2D eigenvalue weighted by molar-refractivity contribution is -0.137. The maximum Gasteiger partial charge on any atom is 0.327 e. The maximum atomic E-state index is 12.8. The average molecular weight is 349 g/mol. The fraction of sp³-hybridized carbons (Fsp3) is 0.588. The second-order valence-electron chi connectivity index (χ2n) is 6.63. The minimum atomic E-state index is -0.722. The predicted octanol–water partition coefficient (Wildman–Crippen LogP) is 2.27. The molecule has 0 atom stereocenters. The van der Waals surface area contributed by atoms with Crippen molar-refractivity contribution >= 4 is 29.2 Å². The average Bonchev–Trinajstić information content (AvgIpc) is 3.06. The number of nitrogens with one attached hydrogen (secondary N) is 1. The lowest BCUT2D eigenvalue weighted by atomic mass is 9.81. The number of hydrogen-bond donors (Lipinski definition) is 1. The quantitative estimate of drug-likeness (QED) is 0.848. The van der Waals surface area contributed by atoms with Crippen molar-refractivity contribution in [2.24, 2.45) is 0 Å². The molecule has 3 rings (SSSR count). The third-order valence-electron chi connectivity index (χ3n) is 5.20. The normalized spacial score (nSPS) is 20.1. The fourth-order valence-corrected chi connectivity index (χ4v) is 4.48. The Balaban J connectivity index is 1.64. The van der Waals surface area contributed by atoms with Crippen molar-refractivity contribution in [2.45, 2.75) is 51.1 Å². The molecule has 0 radical (unpaired) electrons. The van der Waals surface area contributed by atoms with Crippen LogP contribution in [0, 0.1) is 6.92 Å². The Labute approximate surface area is 145 Å². The molecule has 0 unspecified atom stereocenters. The highest BCUT2D eigenvalue weighted by molar-refractivity contribution is 7.10. The van der Waals surface area contributed by atoms with Gasteiger partial charge in [-0.05, 0) is 36.8 Å². The first-order valence-electron chi connectivity index (χ1n) is 8.35. The monoisotopic (exact) mass is 349 g/mol. The van der Waals surface area contributed by atoms with Gasteiger partial charge in [-0.3, -0.25) is 14.5 Å². The van der Waals surface area contributed by atoms with Gasteiger partial charge in [-0.15, -0.1) is 11.3 Å². The second-order valence-corrected chi connectivity index (χ2v) is 7.63. The number of amides is 4. The van der Waals surface area contributed by atoms with Gasteiger partial charge in [0.1, 0.15) is 12.1 Å². The molecule has 2 heterocycles. The molecule has 7 heteroatoms. The lowest BCUT2D eigenvalue weighted by Crippen LogP contribution is -2.49. The number of aryl methyl sites for hydroxylation is 1. The molecule has 1 N–H and O–H groups in total. The summed E-state index contributed by atoms with van der Waals surface area (Å²) in [4.78, 5) is 41.2. The molecular formula is C17H23N3O3S. The number of urea groups is 1. The van der Waals surface area contributed by atoms with Gasteiger partial charge in [0.15, 0.2) is 0 Å². The molecule has 1 aliphatic carbocycles. The van der Waals surface area contributed by atoms with Gasteiger partial charge in [-0.2, -0.15) is 0 Å². The first-order valence-corrected chi connectivity index (χ1v) is 9.23. The van der Waals surface area contributed by atoms with Crippen LogP contribution >= 0.6 is 11.3 Å². The summed E-state index contributed by atoms with van der Waals surface area (Å²) in [7, 11) is 1.68. The van der Waals surface area contributed by atoms with Crippen molar-refractivity contribution in [3.05, 3.63) is 21.9 Å². The van der Waals surface area contributed by atoms with Crippen molar-refractivity contribution in [1.29, 1.82) is 0 Å². The molecule has 1 aliphatic heterocycles. The molecule has 24 heavy (non-hydrogen) atoms. The van der Waals surface area contributed by atoms with Crippen LogP contribution < -0.4 is 5.32 Å². The van der Waals surface area contributed by atoms with Crippen molar-refractivity contribution in [3.63, 3.8) is 0 Å². The molecule has 1 aromatic rings. The Hall–Kier alpha value is -1.89. The number of likely N-dealkylation sites (N-methyl/N-ethyl adjacent to an activating group) is 1. The third kappa shape index (κ3) is 2.81. The molecule has 0 aromatic carbocycles. The second kappa shape index (κ2) is 6.55. The van der Waals surface area contributed by atoms with E-state index in [4.69, 9.17) is 0 Å². The summed E-state index contributed by atoms with van der Waals surface area (Å²) < 4.78 is 0. The predicted molar refractivity (Wildman–Crippen MR) is 91.6 cm³/mol. The van der Waals surface area contributed by atoms with Gasteiger partial charge in [0, 0.05) is 11.9 Å². The molecule has 130 valence electrons. The third-order valence-corrected chi connectivity index (χ3v) is 6.22. The van der Waals surface area contributed by atoms with Crippen molar-refractivity contribution in [3.8, 4) is 0 Å². The van der Waals surface area contributed by atoms with Crippen molar-refractivity contribution in [2.75, 3.05) is 13.6 Å². The van der Waals surface area contributed by atoms with E-state index in [1.54, 1.807) is 23.3 Å². The first-order chi connectivity index (χ1) is 11.5. The number of hydrogen-bond acceptors (Lipinski definition) is 4. The Bertz CT molecular complexity index is 664. The van der Waals surface area contributed by atoms with E-state index in [0.29, 0.717) is 19.4 Å². The number of thiophene rings is 1. The Morgan fingerprint density at radius 2 is 2.00 bits per heavy atom. The minimum Gasteiger partial charge on any atom is -0.350 e. The summed E-state index contributed by atoms with van der Waals surface area (Å²) >= 11 is 1.58. The van der Waals surface area contributed by atoms with Crippen molar-refractivity contribution in [1.82, 2.24) is 15.1 Å². The van der Waals surface area contributed by atoms with Gasteiger partial charge in [0.05, 0.1) is 6.54 Å². The highest BCUT2D eigenvalue weighted by Gasteiger charge is 2.55. The molecule has 2 fully saturated rings. The summed E-state index contributed by atoms with van der Waals surface area (Å²) in [6, 6.07) is 1.64. The fourth-order valence-electron chi connectivity index (χ4n) is 3.63. The summed E-state index contributed by atoms with van der Waals surface area (Å²) in [5, 5.41) is 4.79. The zero-order valence-electron chi connectivity index (χ0n) is 14.1. The topological polar surface area (TPSA) is 69.7 Å². The Morgan fingerprint density at radius 1 is 1.29 bits per heavy atom.